The first kappa shape index (κ1) is 8.75. The van der Waals surface area contributed by atoms with Crippen molar-refractivity contribution in [2.75, 3.05) is 11.9 Å². The lowest BCUT2D eigenvalue weighted by Gasteiger charge is -2.02. The van der Waals surface area contributed by atoms with Crippen LogP contribution in [0.4, 0.5) is 5.82 Å². The summed E-state index contributed by atoms with van der Waals surface area (Å²) in [6, 6.07) is 3.59. The van der Waals surface area contributed by atoms with E-state index in [0.717, 1.165) is 18.3 Å². The second kappa shape index (κ2) is 3.92. The van der Waals surface area contributed by atoms with E-state index in [9.17, 15) is 0 Å². The molecule has 4 heteroatoms. The third-order valence-corrected chi connectivity index (χ3v) is 2.39. The summed E-state index contributed by atoms with van der Waals surface area (Å²) in [5, 5.41) is 11.3. The summed E-state index contributed by atoms with van der Waals surface area (Å²) in [4.78, 5) is 0. The smallest absolute Gasteiger partial charge is 0.151 e. The number of nitrogens with one attached hydrogen (secondary N) is 1. The van der Waals surface area contributed by atoms with E-state index in [2.05, 4.69) is 15.5 Å². The standard InChI is InChI=1S/C9H12ClN3/c10-8-3-4-9(13-12-8)11-6-5-7-1-2-7/h3-4,7H,1-2,5-6H2,(H,11,13). The number of hydrogen-bond donors (Lipinski definition) is 1. The van der Waals surface area contributed by atoms with Gasteiger partial charge in [-0.15, -0.1) is 10.2 Å². The van der Waals surface area contributed by atoms with E-state index in [1.54, 1.807) is 6.07 Å². The van der Waals surface area contributed by atoms with Crippen LogP contribution in [0, 0.1) is 5.92 Å². The lowest BCUT2D eigenvalue weighted by molar-refractivity contribution is 0.756. The molecule has 1 fully saturated rings. The van der Waals surface area contributed by atoms with Gasteiger partial charge in [0, 0.05) is 6.54 Å². The molecule has 0 radical (unpaired) electrons. The fourth-order valence-corrected chi connectivity index (χ4v) is 1.32. The van der Waals surface area contributed by atoms with Gasteiger partial charge >= 0.3 is 0 Å². The summed E-state index contributed by atoms with van der Waals surface area (Å²) >= 11 is 5.60. The van der Waals surface area contributed by atoms with Gasteiger partial charge in [0.15, 0.2) is 5.15 Å². The molecule has 1 heterocycles. The van der Waals surface area contributed by atoms with Crippen molar-refractivity contribution >= 4 is 17.4 Å². The maximum absolute atomic E-state index is 5.60. The molecule has 70 valence electrons. The Hall–Kier alpha value is -0.830. The Kier molecular flexibility index (Phi) is 2.64. The normalized spacial score (nSPS) is 15.8. The molecule has 1 aromatic heterocycles. The Balaban J connectivity index is 1.76. The lowest BCUT2D eigenvalue weighted by Crippen LogP contribution is -2.04. The van der Waals surface area contributed by atoms with Crippen molar-refractivity contribution in [2.24, 2.45) is 5.92 Å². The molecule has 0 spiro atoms. The fourth-order valence-electron chi connectivity index (χ4n) is 1.22. The summed E-state index contributed by atoms with van der Waals surface area (Å²) < 4.78 is 0. The molecule has 1 N–H and O–H groups in total. The second-order valence-electron chi connectivity index (χ2n) is 3.40. The number of hydrogen-bond acceptors (Lipinski definition) is 3. The minimum absolute atomic E-state index is 0.438. The first-order valence-electron chi connectivity index (χ1n) is 4.58. The Bertz CT molecular complexity index is 269. The van der Waals surface area contributed by atoms with E-state index < -0.39 is 0 Å². The predicted molar refractivity (Wildman–Crippen MR) is 52.9 cm³/mol. The zero-order valence-corrected chi connectivity index (χ0v) is 8.09. The van der Waals surface area contributed by atoms with E-state index in [4.69, 9.17) is 11.6 Å². The molecule has 0 aliphatic heterocycles. The van der Waals surface area contributed by atoms with E-state index in [-0.39, 0.29) is 0 Å². The Morgan fingerprint density at radius 3 is 2.85 bits per heavy atom. The Morgan fingerprint density at radius 1 is 1.38 bits per heavy atom. The van der Waals surface area contributed by atoms with E-state index >= 15 is 0 Å². The molecule has 1 aliphatic rings. The van der Waals surface area contributed by atoms with Gasteiger partial charge in [0.1, 0.15) is 5.82 Å². The highest BCUT2D eigenvalue weighted by Crippen LogP contribution is 2.31. The summed E-state index contributed by atoms with van der Waals surface area (Å²) in [6.07, 6.45) is 4.03. The molecule has 1 aromatic rings. The first-order chi connectivity index (χ1) is 6.34. The van der Waals surface area contributed by atoms with Crippen LogP contribution in [0.3, 0.4) is 0 Å². The van der Waals surface area contributed by atoms with Crippen LogP contribution in [0.25, 0.3) is 0 Å². The third-order valence-electron chi connectivity index (χ3n) is 2.19. The van der Waals surface area contributed by atoms with Crippen LogP contribution in [-0.2, 0) is 0 Å². The number of rotatable bonds is 4. The van der Waals surface area contributed by atoms with Gasteiger partial charge in [-0.05, 0) is 24.5 Å². The van der Waals surface area contributed by atoms with Crippen LogP contribution in [0.5, 0.6) is 0 Å². The molecule has 0 amide bonds. The molecule has 13 heavy (non-hydrogen) atoms. The van der Waals surface area contributed by atoms with Crippen molar-refractivity contribution in [3.8, 4) is 0 Å². The van der Waals surface area contributed by atoms with Gasteiger partial charge in [0.2, 0.25) is 0 Å². The van der Waals surface area contributed by atoms with Gasteiger partial charge in [0.05, 0.1) is 0 Å². The van der Waals surface area contributed by atoms with Gasteiger partial charge in [0.25, 0.3) is 0 Å². The van der Waals surface area contributed by atoms with Crippen LogP contribution in [0.2, 0.25) is 5.15 Å². The number of aromatic nitrogens is 2. The van der Waals surface area contributed by atoms with E-state index in [1.807, 2.05) is 6.07 Å². The Morgan fingerprint density at radius 2 is 2.23 bits per heavy atom. The summed E-state index contributed by atoms with van der Waals surface area (Å²) in [5.74, 6) is 1.76. The average Bonchev–Trinajstić information content (AvgIpc) is 2.92. The maximum Gasteiger partial charge on any atom is 0.151 e. The van der Waals surface area contributed by atoms with Crippen LogP contribution in [-0.4, -0.2) is 16.7 Å². The van der Waals surface area contributed by atoms with Gasteiger partial charge in [-0.3, -0.25) is 0 Å². The van der Waals surface area contributed by atoms with Gasteiger partial charge in [-0.1, -0.05) is 24.4 Å². The van der Waals surface area contributed by atoms with Crippen LogP contribution in [0.15, 0.2) is 12.1 Å². The lowest BCUT2D eigenvalue weighted by atomic mass is 10.3. The van der Waals surface area contributed by atoms with Crippen molar-refractivity contribution in [1.29, 1.82) is 0 Å². The summed E-state index contributed by atoms with van der Waals surface area (Å²) in [5.41, 5.74) is 0. The fraction of sp³-hybridized carbons (Fsp3) is 0.556. The monoisotopic (exact) mass is 197 g/mol. The van der Waals surface area contributed by atoms with Gasteiger partial charge < -0.3 is 5.32 Å². The van der Waals surface area contributed by atoms with Crippen molar-refractivity contribution in [1.82, 2.24) is 10.2 Å². The molecule has 2 rings (SSSR count). The number of halogens is 1. The third kappa shape index (κ3) is 2.84. The highest BCUT2D eigenvalue weighted by Gasteiger charge is 2.20. The average molecular weight is 198 g/mol. The van der Waals surface area contributed by atoms with E-state index in [1.165, 1.54) is 19.3 Å². The van der Waals surface area contributed by atoms with E-state index in [0.29, 0.717) is 5.15 Å². The van der Waals surface area contributed by atoms with Gasteiger partial charge in [-0.2, -0.15) is 0 Å². The molecule has 0 aromatic carbocycles. The minimum atomic E-state index is 0.438. The van der Waals surface area contributed by atoms with Gasteiger partial charge in [-0.25, -0.2) is 0 Å². The number of anilines is 1. The van der Waals surface area contributed by atoms with Crippen LogP contribution >= 0.6 is 11.6 Å². The topological polar surface area (TPSA) is 37.8 Å². The maximum atomic E-state index is 5.60. The molecule has 0 saturated heterocycles. The zero-order chi connectivity index (χ0) is 9.10. The molecule has 3 nitrogen and oxygen atoms in total. The largest absolute Gasteiger partial charge is 0.369 e. The number of nitrogens with zero attached hydrogens (tertiary/aromatic N) is 2. The molecule has 1 aliphatic carbocycles. The highest BCUT2D eigenvalue weighted by atomic mass is 35.5. The summed E-state index contributed by atoms with van der Waals surface area (Å²) in [7, 11) is 0. The molecule has 0 unspecified atom stereocenters. The highest BCUT2D eigenvalue weighted by molar-refractivity contribution is 6.29. The SMILES string of the molecule is Clc1ccc(NCCC2CC2)nn1. The quantitative estimate of drug-likeness (QED) is 0.805. The molecule has 1 saturated carbocycles. The van der Waals surface area contributed by atoms with Crippen molar-refractivity contribution in [3.63, 3.8) is 0 Å². The molecule has 0 bridgehead atoms. The molecule has 0 atom stereocenters. The zero-order valence-electron chi connectivity index (χ0n) is 7.33. The van der Waals surface area contributed by atoms with Crippen LogP contribution < -0.4 is 5.32 Å². The van der Waals surface area contributed by atoms with Crippen molar-refractivity contribution in [2.45, 2.75) is 19.3 Å². The van der Waals surface area contributed by atoms with Crippen molar-refractivity contribution in [3.05, 3.63) is 17.3 Å². The Labute approximate surface area is 82.5 Å². The first-order valence-corrected chi connectivity index (χ1v) is 4.95. The second-order valence-corrected chi connectivity index (χ2v) is 3.79. The minimum Gasteiger partial charge on any atom is -0.369 e. The summed E-state index contributed by atoms with van der Waals surface area (Å²) in [6.45, 7) is 0.987. The van der Waals surface area contributed by atoms with Crippen molar-refractivity contribution < 1.29 is 0 Å². The van der Waals surface area contributed by atoms with Crippen LogP contribution in [0.1, 0.15) is 19.3 Å². The predicted octanol–water partition coefficient (Wildman–Crippen LogP) is 2.34. The molecular weight excluding hydrogens is 186 g/mol. The molecular formula is C9H12ClN3.